The quantitative estimate of drug-likeness (QED) is 0.863. The highest BCUT2D eigenvalue weighted by atomic mass is 35.5. The molecule has 2 heterocycles. The number of hydrogen-bond acceptors (Lipinski definition) is 3. The Hall–Kier alpha value is -1.24. The van der Waals surface area contributed by atoms with Crippen molar-refractivity contribution < 1.29 is 0 Å². The number of nitrogens with one attached hydrogen (secondary N) is 1. The SMILES string of the molecule is N#Cc1c(Cl)cccc1N1CCCC2(CCCNC2)C1. The lowest BCUT2D eigenvalue weighted by atomic mass is 9.74. The summed E-state index contributed by atoms with van der Waals surface area (Å²) in [7, 11) is 0. The van der Waals surface area contributed by atoms with E-state index in [-0.39, 0.29) is 0 Å². The van der Waals surface area contributed by atoms with Crippen molar-refractivity contribution in [2.24, 2.45) is 5.41 Å². The maximum Gasteiger partial charge on any atom is 0.103 e. The normalized spacial score (nSPS) is 26.5. The van der Waals surface area contributed by atoms with Crippen LogP contribution in [0.2, 0.25) is 5.02 Å². The van der Waals surface area contributed by atoms with Gasteiger partial charge in [-0.05, 0) is 44.4 Å². The van der Waals surface area contributed by atoms with Crippen LogP contribution >= 0.6 is 11.6 Å². The van der Waals surface area contributed by atoms with Crippen LogP contribution in [0.4, 0.5) is 5.69 Å². The molecule has 4 heteroatoms. The first-order valence-corrected chi connectivity index (χ1v) is 7.76. The van der Waals surface area contributed by atoms with Gasteiger partial charge in [0.2, 0.25) is 0 Å². The lowest BCUT2D eigenvalue weighted by Gasteiger charge is -2.46. The summed E-state index contributed by atoms with van der Waals surface area (Å²) in [4.78, 5) is 2.36. The molecule has 2 fully saturated rings. The topological polar surface area (TPSA) is 39.1 Å². The van der Waals surface area contributed by atoms with Crippen LogP contribution in [0.15, 0.2) is 18.2 Å². The minimum atomic E-state index is 0.380. The minimum Gasteiger partial charge on any atom is -0.370 e. The highest BCUT2D eigenvalue weighted by Gasteiger charge is 2.37. The molecule has 1 aromatic rings. The lowest BCUT2D eigenvalue weighted by Crippen LogP contribution is -2.51. The van der Waals surface area contributed by atoms with E-state index in [0.717, 1.165) is 31.9 Å². The van der Waals surface area contributed by atoms with Crippen molar-refractivity contribution in [1.82, 2.24) is 5.32 Å². The number of anilines is 1. The summed E-state index contributed by atoms with van der Waals surface area (Å²) in [6, 6.07) is 8.03. The average Bonchev–Trinajstić information content (AvgIpc) is 2.48. The number of nitrogens with zero attached hydrogens (tertiary/aromatic N) is 2. The van der Waals surface area contributed by atoms with Crippen LogP contribution in [0.1, 0.15) is 31.2 Å². The van der Waals surface area contributed by atoms with Gasteiger partial charge in [-0.25, -0.2) is 0 Å². The first-order valence-electron chi connectivity index (χ1n) is 7.38. The summed E-state index contributed by atoms with van der Waals surface area (Å²) in [5, 5.41) is 13.5. The van der Waals surface area contributed by atoms with Crippen molar-refractivity contribution in [3.05, 3.63) is 28.8 Å². The molecule has 1 unspecified atom stereocenters. The summed E-state index contributed by atoms with van der Waals surface area (Å²) in [5.41, 5.74) is 2.01. The van der Waals surface area contributed by atoms with E-state index in [4.69, 9.17) is 11.6 Å². The molecule has 0 aliphatic carbocycles. The van der Waals surface area contributed by atoms with E-state index in [1.807, 2.05) is 12.1 Å². The van der Waals surface area contributed by atoms with Crippen LogP contribution in [0.25, 0.3) is 0 Å². The fourth-order valence-corrected chi connectivity index (χ4v) is 3.89. The van der Waals surface area contributed by atoms with Gasteiger partial charge in [0.25, 0.3) is 0 Å². The number of benzene rings is 1. The van der Waals surface area contributed by atoms with E-state index >= 15 is 0 Å². The van der Waals surface area contributed by atoms with E-state index in [0.29, 0.717) is 16.0 Å². The number of piperidine rings is 2. The maximum atomic E-state index is 9.36. The zero-order chi connectivity index (χ0) is 14.0. The van der Waals surface area contributed by atoms with Crippen molar-refractivity contribution in [1.29, 1.82) is 5.26 Å². The lowest BCUT2D eigenvalue weighted by molar-refractivity contribution is 0.173. The van der Waals surface area contributed by atoms with Crippen LogP contribution in [-0.4, -0.2) is 26.2 Å². The third kappa shape index (κ3) is 2.51. The van der Waals surface area contributed by atoms with Crippen molar-refractivity contribution in [2.75, 3.05) is 31.1 Å². The van der Waals surface area contributed by atoms with Crippen LogP contribution in [0.5, 0.6) is 0 Å². The maximum absolute atomic E-state index is 9.36. The van der Waals surface area contributed by atoms with Gasteiger partial charge >= 0.3 is 0 Å². The fourth-order valence-electron chi connectivity index (χ4n) is 3.68. The Labute approximate surface area is 125 Å². The largest absolute Gasteiger partial charge is 0.370 e. The van der Waals surface area contributed by atoms with Gasteiger partial charge in [-0.3, -0.25) is 0 Å². The predicted molar refractivity (Wildman–Crippen MR) is 82.2 cm³/mol. The second-order valence-electron chi connectivity index (χ2n) is 6.05. The third-order valence-corrected chi connectivity index (χ3v) is 4.98. The fraction of sp³-hybridized carbons (Fsp3) is 0.562. The molecule has 3 rings (SSSR count). The molecule has 106 valence electrons. The van der Waals surface area contributed by atoms with Crippen LogP contribution in [-0.2, 0) is 0 Å². The second kappa shape index (κ2) is 5.63. The summed E-state index contributed by atoms with van der Waals surface area (Å²) >= 11 is 6.16. The molecule has 0 radical (unpaired) electrons. The van der Waals surface area contributed by atoms with Crippen molar-refractivity contribution in [3.8, 4) is 6.07 Å². The molecule has 3 nitrogen and oxygen atoms in total. The molecule has 2 aliphatic heterocycles. The van der Waals surface area contributed by atoms with E-state index in [9.17, 15) is 5.26 Å². The van der Waals surface area contributed by atoms with Gasteiger partial charge in [-0.1, -0.05) is 17.7 Å². The Morgan fingerprint density at radius 2 is 2.15 bits per heavy atom. The number of hydrogen-bond donors (Lipinski definition) is 1. The van der Waals surface area contributed by atoms with Crippen molar-refractivity contribution >= 4 is 17.3 Å². The molecule has 0 aromatic heterocycles. The molecule has 2 aliphatic rings. The van der Waals surface area contributed by atoms with E-state index in [1.54, 1.807) is 6.07 Å². The summed E-state index contributed by atoms with van der Waals surface area (Å²) in [6.07, 6.45) is 5.03. The van der Waals surface area contributed by atoms with Gasteiger partial charge in [-0.2, -0.15) is 5.26 Å². The van der Waals surface area contributed by atoms with Gasteiger partial charge in [0.05, 0.1) is 16.3 Å². The third-order valence-electron chi connectivity index (χ3n) is 4.67. The smallest absolute Gasteiger partial charge is 0.103 e. The number of nitriles is 1. The average molecular weight is 290 g/mol. The zero-order valence-corrected chi connectivity index (χ0v) is 12.4. The monoisotopic (exact) mass is 289 g/mol. The molecule has 2 saturated heterocycles. The Morgan fingerprint density at radius 3 is 2.90 bits per heavy atom. The predicted octanol–water partition coefficient (Wildman–Crippen LogP) is 3.18. The number of rotatable bonds is 1. The van der Waals surface area contributed by atoms with Gasteiger partial charge < -0.3 is 10.2 Å². The van der Waals surface area contributed by atoms with Gasteiger partial charge in [0.15, 0.2) is 0 Å². The molecule has 0 amide bonds. The molecular formula is C16H20ClN3. The summed E-state index contributed by atoms with van der Waals surface area (Å²) < 4.78 is 0. The molecule has 1 aromatic carbocycles. The number of halogens is 1. The Morgan fingerprint density at radius 1 is 1.30 bits per heavy atom. The van der Waals surface area contributed by atoms with Crippen molar-refractivity contribution in [2.45, 2.75) is 25.7 Å². The summed E-state index contributed by atoms with van der Waals surface area (Å²) in [6.45, 7) is 4.31. The minimum absolute atomic E-state index is 0.380. The van der Waals surface area contributed by atoms with E-state index in [2.05, 4.69) is 16.3 Å². The molecule has 1 atom stereocenters. The van der Waals surface area contributed by atoms with Crippen LogP contribution < -0.4 is 10.2 Å². The highest BCUT2D eigenvalue weighted by Crippen LogP contribution is 2.39. The first-order chi connectivity index (χ1) is 9.74. The molecular weight excluding hydrogens is 270 g/mol. The second-order valence-corrected chi connectivity index (χ2v) is 6.46. The van der Waals surface area contributed by atoms with Crippen LogP contribution in [0.3, 0.4) is 0 Å². The summed E-state index contributed by atoms with van der Waals surface area (Å²) in [5.74, 6) is 0. The van der Waals surface area contributed by atoms with Gasteiger partial charge in [0.1, 0.15) is 6.07 Å². The van der Waals surface area contributed by atoms with Gasteiger partial charge in [-0.15, -0.1) is 0 Å². The van der Waals surface area contributed by atoms with E-state index in [1.165, 1.54) is 25.7 Å². The van der Waals surface area contributed by atoms with Crippen LogP contribution in [0, 0.1) is 16.7 Å². The molecule has 20 heavy (non-hydrogen) atoms. The molecule has 1 spiro atoms. The molecule has 0 bridgehead atoms. The Bertz CT molecular complexity index is 524. The standard InChI is InChI=1S/C16H20ClN3/c17-14-4-1-5-15(13(14)10-18)20-9-3-7-16(12-20)6-2-8-19-11-16/h1,4-5,19H,2-3,6-9,11-12H2. The highest BCUT2D eigenvalue weighted by molar-refractivity contribution is 6.32. The van der Waals surface area contributed by atoms with E-state index < -0.39 is 0 Å². The zero-order valence-electron chi connectivity index (χ0n) is 11.7. The van der Waals surface area contributed by atoms with Gasteiger partial charge in [0, 0.05) is 25.0 Å². The molecule has 0 saturated carbocycles. The Kier molecular flexibility index (Phi) is 3.87. The Balaban J connectivity index is 1.87. The molecule has 1 N–H and O–H groups in total. The van der Waals surface area contributed by atoms with Crippen molar-refractivity contribution in [3.63, 3.8) is 0 Å². The first kappa shape index (κ1) is 13.7.